The maximum absolute atomic E-state index is 13.0. The van der Waals surface area contributed by atoms with Crippen LogP contribution in [0.5, 0.6) is 0 Å². The summed E-state index contributed by atoms with van der Waals surface area (Å²) in [6, 6.07) is 12.4. The Morgan fingerprint density at radius 2 is 1.80 bits per heavy atom. The normalized spacial score (nSPS) is 11.8. The first-order valence-electron chi connectivity index (χ1n) is 14.5. The average Bonchev–Trinajstić information content (AvgIpc) is 3.34. The van der Waals surface area contributed by atoms with Crippen molar-refractivity contribution < 1.29 is 19.1 Å². The SMILES string of the molecule is CC(C)(C)OC(=O)n1c(CNCCCCOCCNc2nc3cc(C(N)=O)ccc3c3cnccc23)nc2ccc(Cl)cc21. The van der Waals surface area contributed by atoms with Gasteiger partial charge in [-0.15, -0.1) is 0 Å². The van der Waals surface area contributed by atoms with Gasteiger partial charge in [-0.05, 0) is 76.6 Å². The smallest absolute Gasteiger partial charge is 0.420 e. The van der Waals surface area contributed by atoms with E-state index in [0.29, 0.717) is 65.1 Å². The third-order valence-corrected chi connectivity index (χ3v) is 7.09. The molecule has 3 aromatic heterocycles. The minimum absolute atomic E-state index is 0.402. The molecule has 5 aromatic rings. The highest BCUT2D eigenvalue weighted by Gasteiger charge is 2.23. The van der Waals surface area contributed by atoms with Crippen LogP contribution in [0.3, 0.4) is 0 Å². The van der Waals surface area contributed by atoms with Crippen molar-refractivity contribution in [1.29, 1.82) is 0 Å². The number of imidazole rings is 1. The minimum atomic E-state index is -0.639. The van der Waals surface area contributed by atoms with E-state index in [4.69, 9.17) is 31.8 Å². The van der Waals surface area contributed by atoms with E-state index < -0.39 is 17.6 Å². The molecule has 0 unspecified atom stereocenters. The summed E-state index contributed by atoms with van der Waals surface area (Å²) in [4.78, 5) is 38.2. The van der Waals surface area contributed by atoms with Crippen LogP contribution < -0.4 is 16.4 Å². The standard InChI is InChI=1S/C32H36ClN7O4/c1-32(2,3)44-31(42)40-27-17-21(33)7-9-25(27)38-28(40)19-35-11-4-5-14-43-15-13-37-30-23-10-12-36-18-24(23)22-8-6-20(29(34)41)16-26(22)39-30/h6-10,12,16-18,35H,4-5,11,13-15,19H2,1-3H3,(H2,34,41)(H,37,39). The zero-order chi connectivity index (χ0) is 31.3. The van der Waals surface area contributed by atoms with Crippen LogP contribution in [-0.2, 0) is 16.0 Å². The Labute approximate surface area is 260 Å². The molecule has 0 bridgehead atoms. The Hall–Kier alpha value is -4.32. The number of unbranched alkanes of at least 4 members (excludes halogenated alkanes) is 1. The number of fused-ring (bicyclic) bond motifs is 4. The molecule has 12 heteroatoms. The molecule has 2 aromatic carbocycles. The molecule has 0 aliphatic heterocycles. The van der Waals surface area contributed by atoms with Gasteiger partial charge in [0.15, 0.2) is 0 Å². The number of rotatable bonds is 12. The Bertz CT molecular complexity index is 1820. The summed E-state index contributed by atoms with van der Waals surface area (Å²) in [7, 11) is 0. The number of carbonyl (C=O) groups excluding carboxylic acids is 2. The maximum atomic E-state index is 13.0. The molecule has 44 heavy (non-hydrogen) atoms. The Morgan fingerprint density at radius 3 is 2.59 bits per heavy atom. The van der Waals surface area contributed by atoms with Crippen molar-refractivity contribution in [3.63, 3.8) is 0 Å². The zero-order valence-corrected chi connectivity index (χ0v) is 25.8. The van der Waals surface area contributed by atoms with Gasteiger partial charge in [0, 0.05) is 52.3 Å². The van der Waals surface area contributed by atoms with E-state index in [2.05, 4.69) is 20.6 Å². The highest BCUT2D eigenvalue weighted by atomic mass is 35.5. The van der Waals surface area contributed by atoms with E-state index in [0.717, 1.165) is 35.5 Å². The van der Waals surface area contributed by atoms with Crippen LogP contribution in [0, 0.1) is 0 Å². The van der Waals surface area contributed by atoms with E-state index in [9.17, 15) is 9.59 Å². The fourth-order valence-electron chi connectivity index (χ4n) is 4.86. The van der Waals surface area contributed by atoms with E-state index in [-0.39, 0.29) is 0 Å². The number of nitrogens with one attached hydrogen (secondary N) is 2. The third kappa shape index (κ3) is 7.42. The quantitative estimate of drug-likeness (QED) is 0.119. The lowest BCUT2D eigenvalue weighted by Crippen LogP contribution is -2.29. The van der Waals surface area contributed by atoms with E-state index in [1.807, 2.05) is 32.9 Å². The second-order valence-electron chi connectivity index (χ2n) is 11.4. The number of pyridine rings is 2. The van der Waals surface area contributed by atoms with Gasteiger partial charge in [-0.3, -0.25) is 9.78 Å². The molecule has 0 fully saturated rings. The topological polar surface area (TPSA) is 146 Å². The van der Waals surface area contributed by atoms with Crippen LogP contribution in [0.25, 0.3) is 32.7 Å². The zero-order valence-electron chi connectivity index (χ0n) is 25.0. The maximum Gasteiger partial charge on any atom is 0.420 e. The van der Waals surface area contributed by atoms with Crippen molar-refractivity contribution in [2.24, 2.45) is 5.73 Å². The first kappa shape index (κ1) is 31.1. The number of anilines is 1. The Morgan fingerprint density at radius 1 is 0.955 bits per heavy atom. The predicted octanol–water partition coefficient (Wildman–Crippen LogP) is 5.67. The van der Waals surface area contributed by atoms with E-state index in [1.54, 1.807) is 42.7 Å². The first-order chi connectivity index (χ1) is 21.1. The highest BCUT2D eigenvalue weighted by Crippen LogP contribution is 2.29. The lowest BCUT2D eigenvalue weighted by atomic mass is 10.1. The highest BCUT2D eigenvalue weighted by molar-refractivity contribution is 6.31. The molecule has 11 nitrogen and oxygen atoms in total. The number of primary amides is 1. The van der Waals surface area contributed by atoms with Crippen molar-refractivity contribution in [3.8, 4) is 0 Å². The molecule has 0 atom stereocenters. The average molecular weight is 618 g/mol. The molecule has 5 rings (SSSR count). The predicted molar refractivity (Wildman–Crippen MR) is 172 cm³/mol. The molecule has 0 spiro atoms. The van der Waals surface area contributed by atoms with Gasteiger partial charge in [0.05, 0.1) is 29.7 Å². The second-order valence-corrected chi connectivity index (χ2v) is 11.8. The number of nitrogens with zero attached hydrogens (tertiary/aromatic N) is 4. The van der Waals surface area contributed by atoms with Crippen LogP contribution in [0.15, 0.2) is 54.9 Å². The molecule has 230 valence electrons. The molecule has 0 aliphatic carbocycles. The molecule has 3 heterocycles. The Balaban J connectivity index is 1.08. The molecule has 0 saturated carbocycles. The summed E-state index contributed by atoms with van der Waals surface area (Å²) >= 11 is 6.19. The monoisotopic (exact) mass is 617 g/mol. The molecular weight excluding hydrogens is 582 g/mol. The number of hydrogen-bond acceptors (Lipinski definition) is 9. The Kier molecular flexibility index (Phi) is 9.58. The van der Waals surface area contributed by atoms with Gasteiger partial charge >= 0.3 is 6.09 Å². The summed E-state index contributed by atoms with van der Waals surface area (Å²) in [5.41, 5.74) is 7.19. The van der Waals surface area contributed by atoms with Gasteiger partial charge in [-0.25, -0.2) is 19.3 Å². The third-order valence-electron chi connectivity index (χ3n) is 6.86. The van der Waals surface area contributed by atoms with Crippen molar-refractivity contribution >= 4 is 62.1 Å². The number of carbonyl (C=O) groups is 2. The number of benzene rings is 2. The molecule has 0 saturated heterocycles. The van der Waals surface area contributed by atoms with Crippen molar-refractivity contribution in [2.45, 2.75) is 45.8 Å². The number of hydrogen-bond donors (Lipinski definition) is 3. The molecule has 0 radical (unpaired) electrons. The number of nitrogens with two attached hydrogens (primary N) is 1. The van der Waals surface area contributed by atoms with E-state index >= 15 is 0 Å². The van der Waals surface area contributed by atoms with Crippen LogP contribution in [0.2, 0.25) is 5.02 Å². The molecule has 1 amide bonds. The first-order valence-corrected chi connectivity index (χ1v) is 14.9. The number of ether oxygens (including phenoxy) is 2. The summed E-state index contributed by atoms with van der Waals surface area (Å²) in [5, 5.41) is 10.0. The summed E-state index contributed by atoms with van der Waals surface area (Å²) in [5.74, 6) is 0.767. The van der Waals surface area contributed by atoms with Gasteiger partial charge in [0.25, 0.3) is 0 Å². The summed E-state index contributed by atoms with van der Waals surface area (Å²) in [6.07, 6.45) is 4.79. The van der Waals surface area contributed by atoms with Crippen LogP contribution >= 0.6 is 11.6 Å². The van der Waals surface area contributed by atoms with Gasteiger partial charge in [-0.2, -0.15) is 0 Å². The van der Waals surface area contributed by atoms with Crippen molar-refractivity contribution in [1.82, 2.24) is 24.8 Å². The fraction of sp³-hybridized carbons (Fsp3) is 0.344. The van der Waals surface area contributed by atoms with Gasteiger partial charge in [-0.1, -0.05) is 17.7 Å². The summed E-state index contributed by atoms with van der Waals surface area (Å²) < 4.78 is 12.9. The summed E-state index contributed by atoms with van der Waals surface area (Å²) in [6.45, 7) is 8.29. The van der Waals surface area contributed by atoms with Crippen LogP contribution in [-0.4, -0.2) is 63.4 Å². The number of amides is 1. The molecule has 4 N–H and O–H groups in total. The van der Waals surface area contributed by atoms with Gasteiger partial charge in [0.2, 0.25) is 5.91 Å². The van der Waals surface area contributed by atoms with Gasteiger partial charge in [0.1, 0.15) is 17.2 Å². The molecular formula is C32H36ClN7O4. The van der Waals surface area contributed by atoms with E-state index in [1.165, 1.54) is 4.57 Å². The lowest BCUT2D eigenvalue weighted by Gasteiger charge is -2.20. The fourth-order valence-corrected chi connectivity index (χ4v) is 5.03. The van der Waals surface area contributed by atoms with Crippen molar-refractivity contribution in [3.05, 3.63) is 71.3 Å². The minimum Gasteiger partial charge on any atom is -0.443 e. The van der Waals surface area contributed by atoms with Crippen LogP contribution in [0.1, 0.15) is 49.8 Å². The second kappa shape index (κ2) is 13.5. The molecule has 0 aliphatic rings. The van der Waals surface area contributed by atoms with Crippen molar-refractivity contribution in [2.75, 3.05) is 31.6 Å². The lowest BCUT2D eigenvalue weighted by molar-refractivity contribution is 0.0538. The number of halogens is 1. The van der Waals surface area contributed by atoms with Crippen LogP contribution in [0.4, 0.5) is 10.6 Å². The largest absolute Gasteiger partial charge is 0.443 e. The van der Waals surface area contributed by atoms with Gasteiger partial charge < -0.3 is 25.8 Å². The number of aromatic nitrogens is 4.